The zero-order valence-electron chi connectivity index (χ0n) is 13.8. The first-order valence-electron chi connectivity index (χ1n) is 8.01. The van der Waals surface area contributed by atoms with Gasteiger partial charge in [-0.1, -0.05) is 6.07 Å². The van der Waals surface area contributed by atoms with Gasteiger partial charge in [-0.15, -0.1) is 0 Å². The number of hydrogen-bond acceptors (Lipinski definition) is 5. The molecule has 0 saturated carbocycles. The summed E-state index contributed by atoms with van der Waals surface area (Å²) in [6, 6.07) is 3.65. The van der Waals surface area contributed by atoms with Gasteiger partial charge in [-0.05, 0) is 64.3 Å². The molecule has 2 N–H and O–H groups in total. The number of carbonyl (C=O) groups excluding carboxylic acids is 1. The maximum atomic E-state index is 12.6. The van der Waals surface area contributed by atoms with Crippen LogP contribution in [0.15, 0.2) is 24.5 Å². The summed E-state index contributed by atoms with van der Waals surface area (Å²) in [7, 11) is 0. The van der Waals surface area contributed by atoms with E-state index in [0.29, 0.717) is 12.5 Å². The largest absolute Gasteiger partial charge is 0.459 e. The summed E-state index contributed by atoms with van der Waals surface area (Å²) >= 11 is 0. The quantitative estimate of drug-likeness (QED) is 0.813. The predicted octanol–water partition coefficient (Wildman–Crippen LogP) is 1.88. The minimum absolute atomic E-state index is 0.150. The summed E-state index contributed by atoms with van der Waals surface area (Å²) in [5.74, 6) is 0.163. The van der Waals surface area contributed by atoms with Crippen LogP contribution in [0.1, 0.15) is 39.2 Å². The molecule has 0 aliphatic carbocycles. The second kappa shape index (κ2) is 7.70. The van der Waals surface area contributed by atoms with Gasteiger partial charge < -0.3 is 15.4 Å². The summed E-state index contributed by atoms with van der Waals surface area (Å²) in [4.78, 5) is 16.7. The van der Waals surface area contributed by atoms with Crippen LogP contribution in [0, 0.1) is 5.92 Å². The van der Waals surface area contributed by atoms with Crippen LogP contribution >= 0.6 is 0 Å². The van der Waals surface area contributed by atoms with Gasteiger partial charge in [0.05, 0.1) is 0 Å². The van der Waals surface area contributed by atoms with Gasteiger partial charge in [0.25, 0.3) is 0 Å². The molecule has 1 aliphatic rings. The van der Waals surface area contributed by atoms with Gasteiger partial charge in [-0.25, -0.2) is 0 Å². The molecule has 0 aromatic carbocycles. The van der Waals surface area contributed by atoms with Crippen molar-refractivity contribution >= 4 is 5.97 Å². The average Bonchev–Trinajstić information content (AvgIpc) is 2.48. The maximum absolute atomic E-state index is 12.6. The molecular weight excluding hydrogens is 278 g/mol. The van der Waals surface area contributed by atoms with Crippen LogP contribution in [-0.4, -0.2) is 35.7 Å². The molecule has 0 bridgehead atoms. The molecule has 1 unspecified atom stereocenters. The van der Waals surface area contributed by atoms with E-state index in [0.717, 1.165) is 31.5 Å². The second-order valence-corrected chi connectivity index (χ2v) is 6.84. The van der Waals surface area contributed by atoms with E-state index >= 15 is 0 Å². The highest BCUT2D eigenvalue weighted by Gasteiger charge is 2.32. The summed E-state index contributed by atoms with van der Waals surface area (Å²) in [6.07, 6.45) is 5.55. The van der Waals surface area contributed by atoms with Crippen LogP contribution in [0.2, 0.25) is 0 Å². The lowest BCUT2D eigenvalue weighted by molar-refractivity contribution is -0.159. The van der Waals surface area contributed by atoms with Crippen molar-refractivity contribution in [3.05, 3.63) is 30.1 Å². The number of aromatic nitrogens is 1. The Balaban J connectivity index is 2.02. The number of nitrogens with zero attached hydrogens (tertiary/aromatic N) is 1. The highest BCUT2D eigenvalue weighted by molar-refractivity contribution is 5.76. The smallest absolute Gasteiger partial charge is 0.323 e. The molecule has 2 heterocycles. The minimum atomic E-state index is -0.460. The fourth-order valence-electron chi connectivity index (χ4n) is 2.72. The lowest BCUT2D eigenvalue weighted by Crippen LogP contribution is -2.48. The van der Waals surface area contributed by atoms with Crippen LogP contribution in [0.25, 0.3) is 0 Å². The molecule has 0 spiro atoms. The van der Waals surface area contributed by atoms with Crippen LogP contribution in [0.3, 0.4) is 0 Å². The Bertz CT molecular complexity index is 465. The van der Waals surface area contributed by atoms with E-state index in [1.807, 2.05) is 39.1 Å². The van der Waals surface area contributed by atoms with Crippen LogP contribution in [0.4, 0.5) is 0 Å². The third-order valence-corrected chi connectivity index (χ3v) is 3.76. The van der Waals surface area contributed by atoms with Gasteiger partial charge in [0.1, 0.15) is 11.6 Å². The fraction of sp³-hybridized carbons (Fsp3) is 0.647. The van der Waals surface area contributed by atoms with Crippen LogP contribution in [-0.2, 0) is 16.1 Å². The standard InChI is InChI=1S/C17H27N3O2/c1-17(2,3)22-16(21)15(14-6-9-18-10-7-14)20-12-13-5-4-8-19-11-13/h4-5,8,11,14-15,18,20H,6-7,9-10,12H2,1-3H3. The summed E-state index contributed by atoms with van der Waals surface area (Å²) in [5.41, 5.74) is 0.614. The molecule has 1 aromatic rings. The van der Waals surface area contributed by atoms with Crippen molar-refractivity contribution in [2.24, 2.45) is 5.92 Å². The van der Waals surface area contributed by atoms with E-state index in [9.17, 15) is 4.79 Å². The maximum Gasteiger partial charge on any atom is 0.323 e. The van der Waals surface area contributed by atoms with Gasteiger partial charge >= 0.3 is 5.97 Å². The third kappa shape index (κ3) is 5.39. The van der Waals surface area contributed by atoms with Crippen molar-refractivity contribution in [2.75, 3.05) is 13.1 Å². The van der Waals surface area contributed by atoms with Crippen molar-refractivity contribution in [3.8, 4) is 0 Å². The Labute approximate surface area is 132 Å². The first-order chi connectivity index (χ1) is 10.5. The molecule has 0 radical (unpaired) electrons. The van der Waals surface area contributed by atoms with E-state index in [1.54, 1.807) is 6.20 Å². The molecule has 22 heavy (non-hydrogen) atoms. The highest BCUT2D eigenvalue weighted by Crippen LogP contribution is 2.20. The number of piperidine rings is 1. The lowest BCUT2D eigenvalue weighted by Gasteiger charge is -2.32. The number of nitrogens with one attached hydrogen (secondary N) is 2. The predicted molar refractivity (Wildman–Crippen MR) is 86.3 cm³/mol. The van der Waals surface area contributed by atoms with Crippen molar-refractivity contribution in [3.63, 3.8) is 0 Å². The Morgan fingerprint density at radius 1 is 1.45 bits per heavy atom. The number of carbonyl (C=O) groups is 1. The number of ether oxygens (including phenoxy) is 1. The number of esters is 1. The molecule has 2 rings (SSSR count). The molecule has 122 valence electrons. The lowest BCUT2D eigenvalue weighted by atomic mass is 9.90. The SMILES string of the molecule is CC(C)(C)OC(=O)C(NCc1cccnc1)C1CCNCC1. The monoisotopic (exact) mass is 305 g/mol. The van der Waals surface area contributed by atoms with Crippen molar-refractivity contribution < 1.29 is 9.53 Å². The molecule has 1 fully saturated rings. The normalized spacial score (nSPS) is 18.0. The van der Waals surface area contributed by atoms with E-state index in [4.69, 9.17) is 4.74 Å². The van der Waals surface area contributed by atoms with Crippen LogP contribution in [0.5, 0.6) is 0 Å². The Morgan fingerprint density at radius 2 is 2.18 bits per heavy atom. The Morgan fingerprint density at radius 3 is 2.77 bits per heavy atom. The zero-order valence-corrected chi connectivity index (χ0v) is 13.8. The Hall–Kier alpha value is -1.46. The van der Waals surface area contributed by atoms with Gasteiger partial charge in [0.15, 0.2) is 0 Å². The average molecular weight is 305 g/mol. The van der Waals surface area contributed by atoms with Gasteiger partial charge in [-0.3, -0.25) is 9.78 Å². The van der Waals surface area contributed by atoms with E-state index < -0.39 is 5.60 Å². The van der Waals surface area contributed by atoms with Gasteiger partial charge in [0.2, 0.25) is 0 Å². The minimum Gasteiger partial charge on any atom is -0.459 e. The molecule has 1 atom stereocenters. The first-order valence-corrected chi connectivity index (χ1v) is 8.01. The van der Waals surface area contributed by atoms with E-state index in [2.05, 4.69) is 15.6 Å². The number of hydrogen-bond donors (Lipinski definition) is 2. The summed E-state index contributed by atoms with van der Waals surface area (Å²) in [5, 5.41) is 6.73. The molecular formula is C17H27N3O2. The molecule has 0 amide bonds. The van der Waals surface area contributed by atoms with Gasteiger partial charge in [-0.2, -0.15) is 0 Å². The molecule has 1 aromatic heterocycles. The van der Waals surface area contributed by atoms with Crippen molar-refractivity contribution in [1.82, 2.24) is 15.6 Å². The highest BCUT2D eigenvalue weighted by atomic mass is 16.6. The van der Waals surface area contributed by atoms with E-state index in [-0.39, 0.29) is 12.0 Å². The molecule has 5 heteroatoms. The summed E-state index contributed by atoms with van der Waals surface area (Å²) in [6.45, 7) is 8.27. The first kappa shape index (κ1) is 16.9. The molecule has 1 aliphatic heterocycles. The summed E-state index contributed by atoms with van der Waals surface area (Å²) < 4.78 is 5.60. The second-order valence-electron chi connectivity index (χ2n) is 6.84. The van der Waals surface area contributed by atoms with Gasteiger partial charge in [0, 0.05) is 18.9 Å². The topological polar surface area (TPSA) is 63.2 Å². The fourth-order valence-corrected chi connectivity index (χ4v) is 2.72. The van der Waals surface area contributed by atoms with Crippen molar-refractivity contribution in [2.45, 2.75) is 51.8 Å². The zero-order chi connectivity index (χ0) is 16.0. The molecule has 5 nitrogen and oxygen atoms in total. The van der Waals surface area contributed by atoms with Crippen LogP contribution < -0.4 is 10.6 Å². The van der Waals surface area contributed by atoms with Crippen molar-refractivity contribution in [1.29, 1.82) is 0 Å². The number of pyridine rings is 1. The molecule has 1 saturated heterocycles. The number of rotatable bonds is 5. The Kier molecular flexibility index (Phi) is 5.91. The van der Waals surface area contributed by atoms with E-state index in [1.165, 1.54) is 0 Å². The third-order valence-electron chi connectivity index (χ3n) is 3.76.